The van der Waals surface area contributed by atoms with Gasteiger partial charge in [0.2, 0.25) is 0 Å². The smallest absolute Gasteiger partial charge is 0.136 e. The van der Waals surface area contributed by atoms with Gasteiger partial charge in [-0.1, -0.05) is 216 Å². The summed E-state index contributed by atoms with van der Waals surface area (Å²) < 4.78 is 6.70. The zero-order chi connectivity index (χ0) is 45.5. The van der Waals surface area contributed by atoms with E-state index in [-0.39, 0.29) is 10.8 Å². The van der Waals surface area contributed by atoms with Crippen molar-refractivity contribution in [2.75, 3.05) is 0 Å². The van der Waals surface area contributed by atoms with E-state index in [2.05, 4.69) is 246 Å². The topological polar surface area (TPSA) is 13.1 Å². The minimum absolute atomic E-state index is 0.107. The van der Waals surface area contributed by atoms with E-state index in [9.17, 15) is 0 Å². The highest BCUT2D eigenvalue weighted by atomic mass is 16.3. The van der Waals surface area contributed by atoms with Gasteiger partial charge in [0.05, 0.1) is 5.41 Å². The van der Waals surface area contributed by atoms with Crippen molar-refractivity contribution in [3.63, 3.8) is 0 Å². The zero-order valence-electron chi connectivity index (χ0n) is 38.7. The summed E-state index contributed by atoms with van der Waals surface area (Å²) in [5.41, 5.74) is 26.6. The maximum atomic E-state index is 6.70. The van der Waals surface area contributed by atoms with Gasteiger partial charge in [-0.2, -0.15) is 0 Å². The molecule has 3 aliphatic rings. The lowest BCUT2D eigenvalue weighted by Gasteiger charge is -2.35. The van der Waals surface area contributed by atoms with Gasteiger partial charge in [-0.05, 0) is 142 Å². The molecule has 0 bridgehead atoms. The average Bonchev–Trinajstić information content (AvgIpc) is 4.06. The molecule has 10 aromatic carbocycles. The third-order valence-corrected chi connectivity index (χ3v) is 16.2. The van der Waals surface area contributed by atoms with Crippen LogP contribution >= 0.6 is 0 Å². The van der Waals surface area contributed by atoms with Crippen LogP contribution in [0, 0.1) is 0 Å². The lowest BCUT2D eigenvalue weighted by molar-refractivity contribution is 0.660. The molecule has 0 radical (unpaired) electrons. The quantitative estimate of drug-likeness (QED) is 0.168. The van der Waals surface area contributed by atoms with Crippen molar-refractivity contribution in [1.82, 2.24) is 0 Å². The molecule has 0 atom stereocenters. The molecule has 3 aliphatic carbocycles. The van der Waals surface area contributed by atoms with Gasteiger partial charge >= 0.3 is 0 Å². The lowest BCUT2D eigenvalue weighted by Crippen LogP contribution is -2.28. The summed E-state index contributed by atoms with van der Waals surface area (Å²) in [6.07, 6.45) is 0. The highest BCUT2D eigenvalue weighted by Crippen LogP contribution is 2.61. The van der Waals surface area contributed by atoms with Crippen LogP contribution in [0.3, 0.4) is 0 Å². The van der Waals surface area contributed by atoms with Crippen LogP contribution in [0.4, 0.5) is 0 Å². The molecule has 0 saturated carbocycles. The molecule has 0 spiro atoms. The van der Waals surface area contributed by atoms with E-state index in [1.54, 1.807) is 0 Å². The predicted octanol–water partition coefficient (Wildman–Crippen LogP) is 17.6. The number of furan rings is 1. The maximum absolute atomic E-state index is 6.70. The largest absolute Gasteiger partial charge is 0.456 e. The van der Waals surface area contributed by atoms with Crippen LogP contribution in [0.5, 0.6) is 0 Å². The van der Waals surface area contributed by atoms with E-state index in [4.69, 9.17) is 4.42 Å². The minimum atomic E-state index is -0.724. The Kier molecular flexibility index (Phi) is 8.08. The molecule has 1 heteroatoms. The molecule has 14 rings (SSSR count). The number of benzene rings is 10. The van der Waals surface area contributed by atoms with E-state index in [1.165, 1.54) is 117 Å². The van der Waals surface area contributed by atoms with E-state index in [0.717, 1.165) is 16.6 Å². The van der Waals surface area contributed by atoms with Crippen molar-refractivity contribution in [1.29, 1.82) is 0 Å². The number of hydrogen-bond donors (Lipinski definition) is 0. The average molecular weight is 869 g/mol. The predicted molar refractivity (Wildman–Crippen MR) is 282 cm³/mol. The third kappa shape index (κ3) is 5.17. The molecule has 0 unspecified atom stereocenters. The van der Waals surface area contributed by atoms with Gasteiger partial charge in [0.15, 0.2) is 0 Å². The first kappa shape index (κ1) is 39.2. The van der Waals surface area contributed by atoms with E-state index < -0.39 is 5.41 Å². The van der Waals surface area contributed by atoms with Crippen LogP contribution < -0.4 is 0 Å². The maximum Gasteiger partial charge on any atom is 0.136 e. The van der Waals surface area contributed by atoms with Crippen LogP contribution in [-0.2, 0) is 16.2 Å². The molecule has 0 amide bonds. The van der Waals surface area contributed by atoms with Gasteiger partial charge in [0, 0.05) is 21.6 Å². The monoisotopic (exact) mass is 868 g/mol. The molecular weight excluding hydrogens is 821 g/mol. The van der Waals surface area contributed by atoms with Gasteiger partial charge in [-0.15, -0.1) is 0 Å². The summed E-state index contributed by atoms with van der Waals surface area (Å²) in [6, 6.07) is 82.2. The summed E-state index contributed by atoms with van der Waals surface area (Å²) in [6.45, 7) is 9.49. The molecule has 0 fully saturated rings. The normalized spacial score (nSPS) is 15.1. The Balaban J connectivity index is 1.10. The van der Waals surface area contributed by atoms with Crippen molar-refractivity contribution >= 4 is 21.9 Å². The number of para-hydroxylation sites is 1. The Labute approximate surface area is 398 Å². The first-order valence-corrected chi connectivity index (χ1v) is 24.1. The molecule has 322 valence electrons. The number of fused-ring (bicyclic) bond motifs is 13. The summed E-state index contributed by atoms with van der Waals surface area (Å²) in [4.78, 5) is 0. The Morgan fingerprint density at radius 2 is 0.794 bits per heavy atom. The molecule has 11 aromatic rings. The van der Waals surface area contributed by atoms with Crippen LogP contribution in [0.25, 0.3) is 88.7 Å². The molecule has 0 aliphatic heterocycles. The number of hydrogen-bond acceptors (Lipinski definition) is 1. The van der Waals surface area contributed by atoms with Crippen LogP contribution in [0.2, 0.25) is 0 Å². The van der Waals surface area contributed by atoms with Gasteiger partial charge < -0.3 is 4.42 Å². The first-order valence-electron chi connectivity index (χ1n) is 24.1. The second kappa shape index (κ2) is 14.0. The second-order valence-electron chi connectivity index (χ2n) is 20.3. The van der Waals surface area contributed by atoms with Crippen molar-refractivity contribution in [2.24, 2.45) is 0 Å². The minimum Gasteiger partial charge on any atom is -0.456 e. The molecule has 68 heavy (non-hydrogen) atoms. The third-order valence-electron chi connectivity index (χ3n) is 16.2. The van der Waals surface area contributed by atoms with Gasteiger partial charge in [-0.25, -0.2) is 0 Å². The van der Waals surface area contributed by atoms with Gasteiger partial charge in [0.25, 0.3) is 0 Å². The molecule has 0 saturated heterocycles. The van der Waals surface area contributed by atoms with Crippen molar-refractivity contribution < 1.29 is 4.42 Å². The second-order valence-corrected chi connectivity index (χ2v) is 20.3. The van der Waals surface area contributed by atoms with E-state index >= 15 is 0 Å². The molecule has 1 nitrogen and oxygen atoms in total. The summed E-state index contributed by atoms with van der Waals surface area (Å²) in [7, 11) is 0. The fourth-order valence-corrected chi connectivity index (χ4v) is 13.1. The first-order chi connectivity index (χ1) is 33.2. The standard InChI is InChI=1S/C67H48O/c1-65(2)53-29-11-8-24-49(53)61-47(27-16-31-55(61)65)43-20-14-22-45(38-43)67(46-23-15-21-44(39-46)48-28-17-32-56-62(48)50-25-9-12-30-54(50)66(56,3)4)57-36-37-60-64(52-26-10-13-33-59(52)68-60)63(57)51-35-34-42(40-58(51)67)41-18-6-5-7-19-41/h5-40H,1-4H3. The molecule has 1 heterocycles. The highest BCUT2D eigenvalue weighted by molar-refractivity contribution is 6.16. The molecular formula is C67H48O. The fraction of sp³-hybridized carbons (Fsp3) is 0.104. The molecule has 0 N–H and O–H groups in total. The highest BCUT2D eigenvalue weighted by Gasteiger charge is 2.48. The summed E-state index contributed by atoms with van der Waals surface area (Å²) in [5, 5.41) is 2.30. The lowest BCUT2D eigenvalue weighted by atomic mass is 9.66. The van der Waals surface area contributed by atoms with Crippen LogP contribution in [0.15, 0.2) is 223 Å². The van der Waals surface area contributed by atoms with Crippen molar-refractivity contribution in [3.8, 4) is 66.8 Å². The molecule has 1 aromatic heterocycles. The van der Waals surface area contributed by atoms with Gasteiger partial charge in [-0.3, -0.25) is 0 Å². The van der Waals surface area contributed by atoms with Gasteiger partial charge in [0.1, 0.15) is 11.2 Å². The fourth-order valence-electron chi connectivity index (χ4n) is 13.1. The Morgan fingerprint density at radius 1 is 0.294 bits per heavy atom. The van der Waals surface area contributed by atoms with E-state index in [0.29, 0.717) is 0 Å². The summed E-state index contributed by atoms with van der Waals surface area (Å²) in [5.74, 6) is 0. The SMILES string of the molecule is CC1(C)c2ccccc2-c2c(-c3cccc(C4(c5cccc(-c6cccc7c6-c6ccccc6C7(C)C)c5)c5cc(-c6ccccc6)ccc5-c5c4ccc4oc6ccccc6c54)c3)cccc21. The Morgan fingerprint density at radius 3 is 1.43 bits per heavy atom. The Hall–Kier alpha value is -8.00. The van der Waals surface area contributed by atoms with E-state index in [1.807, 2.05) is 0 Å². The summed E-state index contributed by atoms with van der Waals surface area (Å²) >= 11 is 0. The Bertz CT molecular complexity index is 3760. The van der Waals surface area contributed by atoms with Crippen LogP contribution in [-0.4, -0.2) is 0 Å². The van der Waals surface area contributed by atoms with Crippen molar-refractivity contribution in [3.05, 3.63) is 263 Å². The van der Waals surface area contributed by atoms with Crippen molar-refractivity contribution in [2.45, 2.75) is 43.9 Å². The number of rotatable bonds is 5. The zero-order valence-corrected chi connectivity index (χ0v) is 38.7. The van der Waals surface area contributed by atoms with Crippen LogP contribution in [0.1, 0.15) is 72.2 Å².